The molecule has 0 radical (unpaired) electrons. The Morgan fingerprint density at radius 2 is 0.691 bits per heavy atom. The normalized spacial score (nSPS) is 13.4. The zero-order chi connectivity index (χ0) is 47.1. The van der Waals surface area contributed by atoms with E-state index in [4.69, 9.17) is 28.4 Å². The second-order valence-electron chi connectivity index (χ2n) is 16.8. The van der Waals surface area contributed by atoms with E-state index < -0.39 is 34.9 Å². The molecule has 0 atom stereocenters. The summed E-state index contributed by atoms with van der Waals surface area (Å²) in [6, 6.07) is 28.2. The topological polar surface area (TPSA) is 55.4 Å². The van der Waals surface area contributed by atoms with Crippen molar-refractivity contribution in [3.05, 3.63) is 154 Å². The molecule has 2 heterocycles. The average molecular weight is 995 g/mol. The molecule has 10 rings (SSSR count). The number of nitrogens with zero attached hydrogens (tertiary/aromatic N) is 1. The van der Waals surface area contributed by atoms with Gasteiger partial charge in [0.2, 0.25) is 11.5 Å². The van der Waals surface area contributed by atoms with Gasteiger partial charge >= 0.3 is 0 Å². The van der Waals surface area contributed by atoms with E-state index in [1.54, 1.807) is 0 Å². The molecule has 0 amide bonds. The zero-order valence-electron chi connectivity index (χ0n) is 37.6. The van der Waals surface area contributed by atoms with Crippen LogP contribution in [-0.2, 0) is 26.2 Å². The van der Waals surface area contributed by atoms with Crippen molar-refractivity contribution >= 4 is 21.5 Å². The van der Waals surface area contributed by atoms with E-state index in [0.29, 0.717) is 24.2 Å². The molecule has 8 aromatic carbocycles. The summed E-state index contributed by atoms with van der Waals surface area (Å²) < 4.78 is 129. The first-order valence-corrected chi connectivity index (χ1v) is 21.3. The van der Waals surface area contributed by atoms with Crippen LogP contribution in [0.5, 0.6) is 34.5 Å². The van der Waals surface area contributed by atoms with Crippen molar-refractivity contribution in [1.82, 2.24) is 0 Å². The molecule has 14 heteroatoms. The molecule has 0 aliphatic carbocycles. The van der Waals surface area contributed by atoms with Crippen LogP contribution in [0.4, 0.5) is 26.3 Å². The van der Waals surface area contributed by atoms with Crippen LogP contribution in [0.25, 0.3) is 66.1 Å². The van der Waals surface area contributed by atoms with Crippen molar-refractivity contribution in [3.8, 4) is 79.0 Å². The highest BCUT2D eigenvalue weighted by molar-refractivity contribution is 6.08. The summed E-state index contributed by atoms with van der Waals surface area (Å²) >= 11 is 0. The fourth-order valence-corrected chi connectivity index (χ4v) is 10.7. The molecule has 1 spiro atoms. The molecule has 0 aromatic heterocycles. The lowest BCUT2D eigenvalue weighted by Crippen LogP contribution is -3.00. The van der Waals surface area contributed by atoms with Crippen LogP contribution >= 0.6 is 0 Å². The number of hydrogen-bond donors (Lipinski definition) is 0. The van der Waals surface area contributed by atoms with E-state index >= 15 is 17.6 Å². The monoisotopic (exact) mass is 993 g/mol. The second-order valence-corrected chi connectivity index (χ2v) is 16.8. The Bertz CT molecular complexity index is 3110. The van der Waals surface area contributed by atoms with E-state index in [-0.39, 0.29) is 102 Å². The predicted octanol–water partition coefficient (Wildman–Crippen LogP) is 10.1. The number of hydrogen-bond acceptors (Lipinski definition) is 6. The third-order valence-corrected chi connectivity index (χ3v) is 13.2. The number of methoxy groups -OCH3 is 6. The Hall–Kier alpha value is -6.90. The first-order chi connectivity index (χ1) is 32.4. The number of ether oxygens (including phenoxy) is 6. The van der Waals surface area contributed by atoms with Crippen LogP contribution < -0.4 is 45.4 Å². The highest BCUT2D eigenvalue weighted by Gasteiger charge is 2.46. The molecule has 7 nitrogen and oxygen atoms in total. The Morgan fingerprint density at radius 3 is 1.03 bits per heavy atom. The fraction of sp³-hybridized carbons (Fsp3) is 0.185. The highest BCUT2D eigenvalue weighted by Crippen LogP contribution is 2.63. The minimum absolute atomic E-state index is 0. The minimum Gasteiger partial charge on any atom is -1.00 e. The van der Waals surface area contributed by atoms with E-state index in [9.17, 15) is 8.78 Å². The van der Waals surface area contributed by atoms with Crippen molar-refractivity contribution < 1.29 is 76.2 Å². The summed E-state index contributed by atoms with van der Waals surface area (Å²) in [7, 11) is 8.31. The Balaban J connectivity index is 0.00000578. The van der Waals surface area contributed by atoms with Crippen molar-refractivity contribution in [2.45, 2.75) is 26.2 Å². The predicted molar refractivity (Wildman–Crippen MR) is 244 cm³/mol. The summed E-state index contributed by atoms with van der Waals surface area (Å²) in [5, 5.41) is 4.08. The number of quaternary nitrogens is 1. The fourth-order valence-electron chi connectivity index (χ4n) is 10.7. The molecule has 68 heavy (non-hydrogen) atoms. The van der Waals surface area contributed by atoms with Gasteiger partial charge < -0.3 is 49.9 Å². The van der Waals surface area contributed by atoms with Crippen LogP contribution in [0.2, 0.25) is 0 Å². The maximum Gasteiger partial charge on any atom is 0.204 e. The van der Waals surface area contributed by atoms with Gasteiger partial charge in [0.1, 0.15) is 26.2 Å². The second kappa shape index (κ2) is 17.6. The van der Waals surface area contributed by atoms with Gasteiger partial charge in [-0.3, -0.25) is 0 Å². The van der Waals surface area contributed by atoms with Crippen LogP contribution in [0.3, 0.4) is 0 Å². The SMILES string of the molecule is COc1c(OC)c(-c2cc(F)c(F)c(F)c2)c2c(c1OC)-c1c(c(-c3cc(F)c(F)c(F)c3)c(OC)c(OC)c1OC)C[N+]1(Cc3ccc4ccccc4c3-c3c(ccc4ccccc34)C1)C2.[Br-]. The third-order valence-electron chi connectivity index (χ3n) is 13.2. The molecule has 8 aromatic rings. The Kier molecular flexibility index (Phi) is 12.0. The Morgan fingerprint density at radius 1 is 0.368 bits per heavy atom. The molecule has 0 bridgehead atoms. The van der Waals surface area contributed by atoms with Gasteiger partial charge in [-0.15, -0.1) is 0 Å². The number of benzene rings is 8. The van der Waals surface area contributed by atoms with Crippen molar-refractivity contribution in [2.24, 2.45) is 0 Å². The lowest BCUT2D eigenvalue weighted by Gasteiger charge is -2.39. The first kappa shape index (κ1) is 46.2. The summed E-state index contributed by atoms with van der Waals surface area (Å²) in [5.74, 6) is -8.83. The van der Waals surface area contributed by atoms with Gasteiger partial charge in [0.25, 0.3) is 0 Å². The average Bonchev–Trinajstić information content (AvgIpc) is 3.57. The van der Waals surface area contributed by atoms with Gasteiger partial charge in [0.15, 0.2) is 57.9 Å². The van der Waals surface area contributed by atoms with E-state index in [1.165, 1.54) is 42.7 Å². The maximum atomic E-state index is 15.6. The maximum absolute atomic E-state index is 15.6. The van der Waals surface area contributed by atoms with Gasteiger partial charge in [-0.05, 0) is 68.1 Å². The molecule has 0 unspecified atom stereocenters. The molecular formula is C54H42BrF6NO6. The molecule has 0 fully saturated rings. The zero-order valence-corrected chi connectivity index (χ0v) is 39.2. The highest BCUT2D eigenvalue weighted by atomic mass is 79.9. The van der Waals surface area contributed by atoms with Crippen molar-refractivity contribution in [2.75, 3.05) is 42.7 Å². The van der Waals surface area contributed by atoms with Crippen LogP contribution in [0.15, 0.2) is 97.1 Å². The standard InChI is InChI=1S/C54H42F6NO6.BrH/c1-62-49-43(31-19-37(55)47(59)38(56)20-31)35-25-61(23-29-17-15-27-11-7-9-13-33(27)41(29)42-30(24-61)18-16-28-12-8-10-14-34(28)42)26-36-44(32-21-39(57)48(60)40(58)22-32)50(63-2)54(67-6)52(65-4)46(36)45(35)51(64-3)53(49)66-5;/h7-22H,23-26H2,1-6H3;1H/q+1;/p-1. The van der Waals surface area contributed by atoms with Crippen LogP contribution in [0, 0.1) is 34.9 Å². The van der Waals surface area contributed by atoms with Gasteiger partial charge in [-0.1, -0.05) is 72.8 Å². The van der Waals surface area contributed by atoms with Gasteiger partial charge in [0, 0.05) is 44.5 Å². The third kappa shape index (κ3) is 6.98. The molecule has 2 aliphatic rings. The van der Waals surface area contributed by atoms with E-state index in [0.717, 1.165) is 68.1 Å². The lowest BCUT2D eigenvalue weighted by molar-refractivity contribution is -0.977. The lowest BCUT2D eigenvalue weighted by atomic mass is 9.85. The smallest absolute Gasteiger partial charge is 0.204 e. The molecule has 0 N–H and O–H groups in total. The number of halogens is 7. The first-order valence-electron chi connectivity index (χ1n) is 21.3. The molecule has 0 saturated carbocycles. The summed E-state index contributed by atoms with van der Waals surface area (Å²) in [5.41, 5.74) is 5.49. The minimum atomic E-state index is -1.66. The molecule has 0 saturated heterocycles. The van der Waals surface area contributed by atoms with Gasteiger partial charge in [-0.25, -0.2) is 26.3 Å². The summed E-state index contributed by atoms with van der Waals surface area (Å²) in [6.07, 6.45) is 0. The van der Waals surface area contributed by atoms with Crippen molar-refractivity contribution in [3.63, 3.8) is 0 Å². The number of rotatable bonds is 8. The van der Waals surface area contributed by atoms with Gasteiger partial charge in [-0.2, -0.15) is 0 Å². The molecule has 348 valence electrons. The molecular weight excluding hydrogens is 952 g/mol. The van der Waals surface area contributed by atoms with E-state index in [1.807, 2.05) is 24.3 Å². The quantitative estimate of drug-likeness (QED) is 0.0859. The number of fused-ring (bicyclic) bond motifs is 10. The summed E-state index contributed by atoms with van der Waals surface area (Å²) in [6.45, 7) is 0.752. The Labute approximate surface area is 398 Å². The van der Waals surface area contributed by atoms with Crippen LogP contribution in [0.1, 0.15) is 22.3 Å². The van der Waals surface area contributed by atoms with E-state index in [2.05, 4.69) is 48.5 Å². The van der Waals surface area contributed by atoms with Crippen LogP contribution in [-0.4, -0.2) is 47.1 Å². The summed E-state index contributed by atoms with van der Waals surface area (Å²) in [4.78, 5) is 0. The molecule has 2 aliphatic heterocycles. The van der Waals surface area contributed by atoms with Gasteiger partial charge in [0.05, 0.1) is 42.7 Å². The largest absolute Gasteiger partial charge is 1.00 e. The van der Waals surface area contributed by atoms with Crippen molar-refractivity contribution in [1.29, 1.82) is 0 Å².